The predicted octanol–water partition coefficient (Wildman–Crippen LogP) is 1.72. The zero-order valence-corrected chi connectivity index (χ0v) is 8.77. The Bertz CT molecular complexity index is 273. The van der Waals surface area contributed by atoms with Crippen molar-refractivity contribution in [2.45, 2.75) is 5.88 Å². The van der Waals surface area contributed by atoms with E-state index in [4.69, 9.17) is 16.3 Å². The molecule has 0 radical (unpaired) electrons. The molecule has 0 aromatic carbocycles. The van der Waals surface area contributed by atoms with Crippen molar-refractivity contribution < 1.29 is 4.74 Å². The highest BCUT2D eigenvalue weighted by Gasteiger charge is 2.13. The molecule has 1 aliphatic rings. The van der Waals surface area contributed by atoms with E-state index < -0.39 is 0 Å². The zero-order valence-electron chi connectivity index (χ0n) is 7.20. The summed E-state index contributed by atoms with van der Waals surface area (Å²) in [5, 5.41) is 1.07. The quantitative estimate of drug-likeness (QED) is 0.707. The van der Waals surface area contributed by atoms with Gasteiger partial charge in [-0.15, -0.1) is 22.9 Å². The summed E-state index contributed by atoms with van der Waals surface area (Å²) in [6.07, 6.45) is 1.85. The van der Waals surface area contributed by atoms with E-state index >= 15 is 0 Å². The SMILES string of the molecule is ClCc1cnc(N2CCOCC2)s1. The largest absolute Gasteiger partial charge is 0.378 e. The summed E-state index contributed by atoms with van der Waals surface area (Å²) in [7, 11) is 0. The molecule has 0 amide bonds. The molecule has 13 heavy (non-hydrogen) atoms. The van der Waals surface area contributed by atoms with Gasteiger partial charge in [-0.2, -0.15) is 0 Å². The van der Waals surface area contributed by atoms with Gasteiger partial charge in [-0.25, -0.2) is 4.98 Å². The number of morpholine rings is 1. The van der Waals surface area contributed by atoms with E-state index in [1.165, 1.54) is 0 Å². The molecule has 0 unspecified atom stereocenters. The predicted molar refractivity (Wildman–Crippen MR) is 54.7 cm³/mol. The molecule has 1 aliphatic heterocycles. The van der Waals surface area contributed by atoms with Gasteiger partial charge in [0.05, 0.1) is 19.1 Å². The van der Waals surface area contributed by atoms with Crippen molar-refractivity contribution in [3.05, 3.63) is 11.1 Å². The van der Waals surface area contributed by atoms with E-state index in [1.54, 1.807) is 11.3 Å². The lowest BCUT2D eigenvalue weighted by atomic mass is 10.5. The third-order valence-electron chi connectivity index (χ3n) is 1.95. The minimum Gasteiger partial charge on any atom is -0.378 e. The van der Waals surface area contributed by atoms with E-state index in [9.17, 15) is 0 Å². The summed E-state index contributed by atoms with van der Waals surface area (Å²) >= 11 is 7.37. The molecule has 72 valence electrons. The number of thiazole rings is 1. The fourth-order valence-electron chi connectivity index (χ4n) is 1.26. The van der Waals surface area contributed by atoms with Crippen molar-refractivity contribution in [1.82, 2.24) is 4.98 Å². The lowest BCUT2D eigenvalue weighted by Crippen LogP contribution is -2.36. The molecule has 3 nitrogen and oxygen atoms in total. The second-order valence-electron chi connectivity index (χ2n) is 2.84. The maximum atomic E-state index is 5.71. The Morgan fingerprint density at radius 1 is 1.54 bits per heavy atom. The molecular formula is C8H11ClN2OS. The van der Waals surface area contributed by atoms with Crippen LogP contribution >= 0.6 is 22.9 Å². The Morgan fingerprint density at radius 3 is 2.92 bits per heavy atom. The Balaban J connectivity index is 2.05. The fourth-order valence-corrected chi connectivity index (χ4v) is 2.30. The molecule has 0 N–H and O–H groups in total. The van der Waals surface area contributed by atoms with Crippen molar-refractivity contribution >= 4 is 28.1 Å². The molecular weight excluding hydrogens is 208 g/mol. The van der Waals surface area contributed by atoms with Crippen LogP contribution in [-0.4, -0.2) is 31.3 Å². The van der Waals surface area contributed by atoms with Crippen LogP contribution in [0.1, 0.15) is 4.88 Å². The maximum absolute atomic E-state index is 5.71. The normalized spacial score (nSPS) is 17.8. The molecule has 1 saturated heterocycles. The molecule has 0 saturated carbocycles. The van der Waals surface area contributed by atoms with Crippen LogP contribution in [0.25, 0.3) is 0 Å². The van der Waals surface area contributed by atoms with Crippen molar-refractivity contribution in [2.75, 3.05) is 31.2 Å². The number of halogens is 1. The second kappa shape index (κ2) is 4.26. The first-order chi connectivity index (χ1) is 6.40. The number of aromatic nitrogens is 1. The fraction of sp³-hybridized carbons (Fsp3) is 0.625. The first kappa shape index (κ1) is 9.24. The van der Waals surface area contributed by atoms with Crippen LogP contribution in [0.2, 0.25) is 0 Å². The molecule has 1 aromatic heterocycles. The summed E-state index contributed by atoms with van der Waals surface area (Å²) in [5.41, 5.74) is 0. The average molecular weight is 219 g/mol. The number of rotatable bonds is 2. The zero-order chi connectivity index (χ0) is 9.10. The van der Waals surface area contributed by atoms with Crippen molar-refractivity contribution in [3.63, 3.8) is 0 Å². The molecule has 1 aromatic rings. The summed E-state index contributed by atoms with van der Waals surface area (Å²) in [6.45, 7) is 3.48. The number of hydrogen-bond acceptors (Lipinski definition) is 4. The smallest absolute Gasteiger partial charge is 0.185 e. The highest BCUT2D eigenvalue weighted by Crippen LogP contribution is 2.24. The van der Waals surface area contributed by atoms with Gasteiger partial charge in [0.2, 0.25) is 0 Å². The molecule has 1 fully saturated rings. The van der Waals surface area contributed by atoms with E-state index in [0.29, 0.717) is 5.88 Å². The highest BCUT2D eigenvalue weighted by molar-refractivity contribution is 7.15. The Labute approximate surface area is 86.3 Å². The van der Waals surface area contributed by atoms with Gasteiger partial charge in [-0.3, -0.25) is 0 Å². The van der Waals surface area contributed by atoms with Crippen molar-refractivity contribution in [3.8, 4) is 0 Å². The minimum atomic E-state index is 0.558. The van der Waals surface area contributed by atoms with Gasteiger partial charge in [0.25, 0.3) is 0 Å². The summed E-state index contributed by atoms with van der Waals surface area (Å²) in [6, 6.07) is 0. The third kappa shape index (κ3) is 2.13. The lowest BCUT2D eigenvalue weighted by Gasteiger charge is -2.25. The molecule has 0 aliphatic carbocycles. The molecule has 5 heteroatoms. The molecule has 2 heterocycles. The van der Waals surface area contributed by atoms with E-state index in [1.807, 2.05) is 6.20 Å². The van der Waals surface area contributed by atoms with E-state index in [-0.39, 0.29) is 0 Å². The van der Waals surface area contributed by atoms with Crippen molar-refractivity contribution in [1.29, 1.82) is 0 Å². The average Bonchev–Trinajstić information content (AvgIpc) is 2.67. The Morgan fingerprint density at radius 2 is 2.31 bits per heavy atom. The van der Waals surface area contributed by atoms with Gasteiger partial charge < -0.3 is 9.64 Å². The summed E-state index contributed by atoms with van der Waals surface area (Å²) < 4.78 is 5.26. The van der Waals surface area contributed by atoms with Gasteiger partial charge in [0.15, 0.2) is 5.13 Å². The Kier molecular flexibility index (Phi) is 3.03. The summed E-state index contributed by atoms with van der Waals surface area (Å²) in [5.74, 6) is 0.558. The first-order valence-corrected chi connectivity index (χ1v) is 5.58. The highest BCUT2D eigenvalue weighted by atomic mass is 35.5. The molecule has 2 rings (SSSR count). The van der Waals surface area contributed by atoms with Crippen LogP contribution in [0.15, 0.2) is 6.20 Å². The van der Waals surface area contributed by atoms with E-state index in [2.05, 4.69) is 9.88 Å². The monoisotopic (exact) mass is 218 g/mol. The Hall–Kier alpha value is -0.320. The topological polar surface area (TPSA) is 25.4 Å². The van der Waals surface area contributed by atoms with Crippen LogP contribution < -0.4 is 4.90 Å². The van der Waals surface area contributed by atoms with E-state index in [0.717, 1.165) is 36.3 Å². The minimum absolute atomic E-state index is 0.558. The number of hydrogen-bond donors (Lipinski definition) is 0. The standard InChI is InChI=1S/C8H11ClN2OS/c9-5-7-6-10-8(13-7)11-1-3-12-4-2-11/h6H,1-5H2. The van der Waals surface area contributed by atoms with Crippen LogP contribution in [0.5, 0.6) is 0 Å². The number of nitrogens with zero attached hydrogens (tertiary/aromatic N) is 2. The molecule has 0 atom stereocenters. The first-order valence-electron chi connectivity index (χ1n) is 4.23. The number of alkyl halides is 1. The third-order valence-corrected chi connectivity index (χ3v) is 3.46. The maximum Gasteiger partial charge on any atom is 0.185 e. The summed E-state index contributed by atoms with van der Waals surface area (Å²) in [4.78, 5) is 7.68. The van der Waals surface area contributed by atoms with Gasteiger partial charge >= 0.3 is 0 Å². The van der Waals surface area contributed by atoms with Gasteiger partial charge in [0, 0.05) is 24.2 Å². The second-order valence-corrected chi connectivity index (χ2v) is 4.20. The van der Waals surface area contributed by atoms with Gasteiger partial charge in [-0.05, 0) is 0 Å². The van der Waals surface area contributed by atoms with Crippen LogP contribution in [0.3, 0.4) is 0 Å². The van der Waals surface area contributed by atoms with Gasteiger partial charge in [-0.1, -0.05) is 0 Å². The van der Waals surface area contributed by atoms with Crippen LogP contribution in [0.4, 0.5) is 5.13 Å². The van der Waals surface area contributed by atoms with Crippen LogP contribution in [-0.2, 0) is 10.6 Å². The number of anilines is 1. The number of ether oxygens (including phenoxy) is 1. The lowest BCUT2D eigenvalue weighted by molar-refractivity contribution is 0.122. The molecule has 0 bridgehead atoms. The van der Waals surface area contributed by atoms with Crippen molar-refractivity contribution in [2.24, 2.45) is 0 Å². The molecule has 0 spiro atoms. The van der Waals surface area contributed by atoms with Gasteiger partial charge in [0.1, 0.15) is 0 Å². The van der Waals surface area contributed by atoms with Crippen LogP contribution in [0, 0.1) is 0 Å².